The predicted octanol–water partition coefficient (Wildman–Crippen LogP) is 11.1. The van der Waals surface area contributed by atoms with E-state index in [1.165, 1.54) is 137 Å². The van der Waals surface area contributed by atoms with E-state index in [0.29, 0.717) is 35.3 Å². The van der Waals surface area contributed by atoms with Crippen LogP contribution in [0.3, 0.4) is 0 Å². The maximum atomic E-state index is 13.4. The molecule has 4 rings (SSSR count). The third-order valence-electron chi connectivity index (χ3n) is 11.4. The van der Waals surface area contributed by atoms with E-state index in [1.807, 2.05) is 0 Å². The van der Waals surface area contributed by atoms with Gasteiger partial charge in [-0.25, -0.2) is 33.7 Å². The van der Waals surface area contributed by atoms with Crippen LogP contribution in [0.5, 0.6) is 0 Å². The fraction of sp³-hybridized carbons (Fsp3) is 0.500. The Morgan fingerprint density at radius 1 is 0.379 bits per heavy atom. The summed E-state index contributed by atoms with van der Waals surface area (Å²) in [6.45, 7) is 4.39. The predicted molar refractivity (Wildman–Crippen MR) is 255 cm³/mol. The zero-order chi connectivity index (χ0) is 49.2. The molecule has 2 atom stereocenters. The second kappa shape index (κ2) is 30.3. The molecule has 4 aromatic carbocycles. The Balaban J connectivity index is 0.000000437. The maximum absolute atomic E-state index is 13.4. The first-order valence-corrected chi connectivity index (χ1v) is 29.4. The van der Waals surface area contributed by atoms with Gasteiger partial charge in [-0.2, -0.15) is 0 Å². The van der Waals surface area contributed by atoms with Crippen LogP contribution in [0.1, 0.15) is 164 Å². The van der Waals surface area contributed by atoms with Crippen LogP contribution in [0, 0.1) is 0 Å². The van der Waals surface area contributed by atoms with Crippen molar-refractivity contribution < 1.29 is 66.5 Å². The molecule has 0 bridgehead atoms. The molecule has 0 aliphatic heterocycles. The first-order valence-electron chi connectivity index (χ1n) is 22.8. The Labute approximate surface area is 407 Å². The number of anilines is 2. The Hall–Kier alpha value is -3.29. The SMILES string of the molecule is CCCCCCCCCCCC(c1ccc(S(=O)(=O)[O-])cc1)S(=O)(=O)c1ccc(N)cc1.CCCCCCCCCCCC(c1ccc(S(=O)(=O)[O-])cc1)S(=O)(=O)c1ccc(N)cc1.[O]=[Ti+2]. The molecule has 0 amide bonds. The summed E-state index contributed by atoms with van der Waals surface area (Å²) in [5, 5.41) is -1.64. The van der Waals surface area contributed by atoms with Gasteiger partial charge in [-0.05, 0) is 96.8 Å². The molecule has 0 heterocycles. The molecule has 13 nitrogen and oxygen atoms in total. The quantitative estimate of drug-likeness (QED) is 0.0233. The number of hydrogen-bond acceptors (Lipinski definition) is 13. The van der Waals surface area contributed by atoms with Crippen LogP contribution in [-0.4, -0.2) is 42.8 Å². The van der Waals surface area contributed by atoms with Crippen molar-refractivity contribution in [3.8, 4) is 0 Å². The van der Waals surface area contributed by atoms with E-state index >= 15 is 0 Å². The van der Waals surface area contributed by atoms with E-state index < -0.39 is 50.4 Å². The summed E-state index contributed by atoms with van der Waals surface area (Å²) >= 11 is 0.750. The molecule has 4 aromatic rings. The average Bonchev–Trinajstić information content (AvgIpc) is 3.28. The van der Waals surface area contributed by atoms with E-state index in [1.54, 1.807) is 24.3 Å². The van der Waals surface area contributed by atoms with E-state index in [-0.39, 0.29) is 19.6 Å². The van der Waals surface area contributed by atoms with Gasteiger partial charge in [-0.3, -0.25) is 0 Å². The number of sulfone groups is 2. The van der Waals surface area contributed by atoms with Gasteiger partial charge >= 0.3 is 23.7 Å². The summed E-state index contributed by atoms with van der Waals surface area (Å²) in [7, 11) is -16.6. The van der Waals surface area contributed by atoms with Crippen molar-refractivity contribution in [1.29, 1.82) is 0 Å². The second-order valence-corrected chi connectivity index (χ2v) is 23.5. The van der Waals surface area contributed by atoms with Crippen molar-refractivity contribution >= 4 is 51.3 Å². The number of benzene rings is 4. The fourth-order valence-corrected chi connectivity index (χ4v) is 12.2. The number of rotatable bonds is 28. The van der Waals surface area contributed by atoms with Crippen LogP contribution in [0.25, 0.3) is 0 Å². The number of nitrogen functional groups attached to an aromatic ring is 2. The molecule has 0 aliphatic rings. The summed E-state index contributed by atoms with van der Waals surface area (Å²) in [4.78, 5) is -0.387. The van der Waals surface area contributed by atoms with Crippen molar-refractivity contribution in [2.75, 3.05) is 11.5 Å². The summed E-state index contributed by atoms with van der Waals surface area (Å²) in [5.41, 5.74) is 13.3. The van der Waals surface area contributed by atoms with Crippen molar-refractivity contribution in [3.05, 3.63) is 108 Å². The topological polar surface area (TPSA) is 252 Å². The zero-order valence-corrected chi connectivity index (χ0v) is 43.1. The van der Waals surface area contributed by atoms with E-state index in [9.17, 15) is 42.8 Å². The van der Waals surface area contributed by atoms with Crippen LogP contribution < -0.4 is 11.5 Å². The molecule has 18 heteroatoms. The normalized spacial score (nSPS) is 12.9. The average molecular weight is 1030 g/mol. The van der Waals surface area contributed by atoms with Gasteiger partial charge < -0.3 is 20.6 Å². The number of unbranched alkanes of at least 4 members (excludes halogenated alkanes) is 16. The molecule has 0 fully saturated rings. The minimum absolute atomic E-state index is 0.174. The number of hydrogen-bond donors (Lipinski definition) is 2. The molecule has 0 spiro atoms. The van der Waals surface area contributed by atoms with E-state index in [0.717, 1.165) is 71.8 Å². The molecule has 364 valence electrons. The van der Waals surface area contributed by atoms with Crippen molar-refractivity contribution in [1.82, 2.24) is 0 Å². The fourth-order valence-electron chi connectivity index (χ4n) is 7.62. The molecule has 0 aromatic heterocycles. The van der Waals surface area contributed by atoms with Crippen LogP contribution >= 0.6 is 0 Å². The monoisotopic (exact) mass is 1020 g/mol. The van der Waals surface area contributed by atoms with Crippen molar-refractivity contribution in [2.24, 2.45) is 0 Å². The van der Waals surface area contributed by atoms with Gasteiger partial charge in [0.1, 0.15) is 20.2 Å². The Morgan fingerprint density at radius 2 is 0.606 bits per heavy atom. The first-order chi connectivity index (χ1) is 31.3. The van der Waals surface area contributed by atoms with Gasteiger partial charge in [0.15, 0.2) is 19.7 Å². The van der Waals surface area contributed by atoms with Crippen LogP contribution in [0.2, 0.25) is 0 Å². The molecular weight excluding hydrogens is 957 g/mol. The van der Waals surface area contributed by atoms with Crippen molar-refractivity contribution in [2.45, 2.75) is 172 Å². The van der Waals surface area contributed by atoms with Crippen LogP contribution in [0.4, 0.5) is 11.4 Å². The van der Waals surface area contributed by atoms with Crippen LogP contribution in [-0.2, 0) is 63.6 Å². The third-order valence-corrected chi connectivity index (χ3v) is 17.5. The summed E-state index contributed by atoms with van der Waals surface area (Å²) in [6.07, 6.45) is 21.1. The van der Waals surface area contributed by atoms with Gasteiger partial charge in [0.05, 0.1) is 30.1 Å². The Kier molecular flexibility index (Phi) is 27.0. The minimum atomic E-state index is -4.59. The first kappa shape index (κ1) is 58.8. The summed E-state index contributed by atoms with van der Waals surface area (Å²) in [5.74, 6) is 0. The summed E-state index contributed by atoms with van der Waals surface area (Å²) in [6, 6.07) is 22.6. The third kappa shape index (κ3) is 20.5. The molecular formula is C48H68N2O11S4Ti. The molecule has 66 heavy (non-hydrogen) atoms. The molecule has 0 saturated carbocycles. The van der Waals surface area contributed by atoms with Gasteiger partial charge in [0.2, 0.25) is 0 Å². The summed E-state index contributed by atoms with van der Waals surface area (Å²) < 4.78 is 129. The zero-order valence-electron chi connectivity index (χ0n) is 38.3. The Morgan fingerprint density at radius 3 is 0.848 bits per heavy atom. The number of nitrogens with two attached hydrogens (primary N) is 2. The Bertz CT molecular complexity index is 2260. The van der Waals surface area contributed by atoms with Gasteiger partial charge in [-0.15, -0.1) is 0 Å². The molecule has 0 aliphatic carbocycles. The van der Waals surface area contributed by atoms with E-state index in [4.69, 9.17) is 14.8 Å². The molecule has 2 unspecified atom stereocenters. The van der Waals surface area contributed by atoms with Gasteiger partial charge in [0.25, 0.3) is 0 Å². The molecule has 0 radical (unpaired) electrons. The van der Waals surface area contributed by atoms with E-state index in [2.05, 4.69) is 13.8 Å². The molecule has 4 N–H and O–H groups in total. The van der Waals surface area contributed by atoms with Crippen molar-refractivity contribution in [3.63, 3.8) is 0 Å². The standard InChI is InChI=1S/2C24H35NO5S2.O.Ti/c2*1-2-3-4-5-6-7-8-9-10-11-24(20-12-16-23(17-13-20)32(28,29)30)31(26,27)22-18-14-21(25)15-19-22;;/h2*12-19,24H,2-11,25H2,1H3,(H,28,29,30);;/q;;;+2/p-2. The van der Waals surface area contributed by atoms with Gasteiger partial charge in [0, 0.05) is 11.4 Å². The molecule has 0 saturated heterocycles. The second-order valence-electron chi connectivity index (χ2n) is 16.5. The van der Waals surface area contributed by atoms with Crippen LogP contribution in [0.15, 0.2) is 117 Å². The van der Waals surface area contributed by atoms with Gasteiger partial charge in [-0.1, -0.05) is 154 Å².